The molecule has 2 atom stereocenters. The third-order valence-corrected chi connectivity index (χ3v) is 2.69. The van der Waals surface area contributed by atoms with Gasteiger partial charge in [0.1, 0.15) is 0 Å². The summed E-state index contributed by atoms with van der Waals surface area (Å²) in [6.45, 7) is 3.23. The van der Waals surface area contributed by atoms with Gasteiger partial charge < -0.3 is 10.6 Å². The summed E-state index contributed by atoms with van der Waals surface area (Å²) < 4.78 is 0. The standard InChI is InChI=1S/C11H16N2/c1-9-7-10(12)8-13(9)11-5-3-2-4-6-11/h2-6,9-10H,7-8,12H2,1H3/t9-,10-/m0/s1. The highest BCUT2D eigenvalue weighted by Gasteiger charge is 2.26. The lowest BCUT2D eigenvalue weighted by atomic mass is 10.2. The van der Waals surface area contributed by atoms with Crippen LogP contribution >= 0.6 is 0 Å². The van der Waals surface area contributed by atoms with Crippen LogP contribution in [0.4, 0.5) is 5.69 Å². The minimum atomic E-state index is 0.343. The van der Waals surface area contributed by atoms with E-state index in [4.69, 9.17) is 5.73 Å². The molecule has 0 spiro atoms. The van der Waals surface area contributed by atoms with E-state index in [0.717, 1.165) is 13.0 Å². The van der Waals surface area contributed by atoms with Crippen LogP contribution in [0.15, 0.2) is 30.3 Å². The maximum Gasteiger partial charge on any atom is 0.0369 e. The molecule has 0 saturated carbocycles. The zero-order valence-electron chi connectivity index (χ0n) is 7.98. The van der Waals surface area contributed by atoms with E-state index >= 15 is 0 Å². The topological polar surface area (TPSA) is 29.3 Å². The van der Waals surface area contributed by atoms with Gasteiger partial charge in [-0.3, -0.25) is 0 Å². The average Bonchev–Trinajstić information content (AvgIpc) is 2.47. The number of hydrogen-bond acceptors (Lipinski definition) is 2. The van der Waals surface area contributed by atoms with E-state index in [1.807, 2.05) is 6.07 Å². The summed E-state index contributed by atoms with van der Waals surface area (Å²) in [7, 11) is 0. The summed E-state index contributed by atoms with van der Waals surface area (Å²) in [5.74, 6) is 0. The Balaban J connectivity index is 2.18. The maximum absolute atomic E-state index is 5.91. The first-order chi connectivity index (χ1) is 6.27. The lowest BCUT2D eigenvalue weighted by molar-refractivity contribution is 0.690. The van der Waals surface area contributed by atoms with Gasteiger partial charge in [-0.25, -0.2) is 0 Å². The van der Waals surface area contributed by atoms with Crippen LogP contribution in [0.2, 0.25) is 0 Å². The minimum Gasteiger partial charge on any atom is -0.367 e. The molecule has 1 aromatic rings. The zero-order chi connectivity index (χ0) is 9.26. The first kappa shape index (κ1) is 8.57. The first-order valence-corrected chi connectivity index (χ1v) is 4.84. The van der Waals surface area contributed by atoms with Crippen LogP contribution in [0.25, 0.3) is 0 Å². The van der Waals surface area contributed by atoms with Gasteiger partial charge in [0.25, 0.3) is 0 Å². The molecule has 0 amide bonds. The Kier molecular flexibility index (Phi) is 2.23. The quantitative estimate of drug-likeness (QED) is 0.704. The first-order valence-electron chi connectivity index (χ1n) is 4.84. The molecule has 1 aliphatic rings. The summed E-state index contributed by atoms with van der Waals surface area (Å²) in [6.07, 6.45) is 1.11. The second-order valence-corrected chi connectivity index (χ2v) is 3.83. The summed E-state index contributed by atoms with van der Waals surface area (Å²) >= 11 is 0. The molecule has 13 heavy (non-hydrogen) atoms. The Labute approximate surface area is 79.4 Å². The summed E-state index contributed by atoms with van der Waals surface area (Å²) in [6, 6.07) is 11.4. The van der Waals surface area contributed by atoms with Crippen molar-refractivity contribution in [1.29, 1.82) is 0 Å². The Morgan fingerprint density at radius 2 is 2.00 bits per heavy atom. The fourth-order valence-corrected chi connectivity index (χ4v) is 2.05. The van der Waals surface area contributed by atoms with Gasteiger partial charge in [-0.2, -0.15) is 0 Å². The fourth-order valence-electron chi connectivity index (χ4n) is 2.05. The number of para-hydroxylation sites is 1. The largest absolute Gasteiger partial charge is 0.367 e. The fraction of sp³-hybridized carbons (Fsp3) is 0.455. The molecule has 70 valence electrons. The molecule has 2 nitrogen and oxygen atoms in total. The zero-order valence-corrected chi connectivity index (χ0v) is 7.98. The Morgan fingerprint density at radius 1 is 1.31 bits per heavy atom. The molecule has 1 aliphatic heterocycles. The highest BCUT2D eigenvalue weighted by Crippen LogP contribution is 2.23. The van der Waals surface area contributed by atoms with E-state index in [1.54, 1.807) is 0 Å². The molecule has 0 radical (unpaired) electrons. The maximum atomic E-state index is 5.91. The summed E-state index contributed by atoms with van der Waals surface area (Å²) in [5, 5.41) is 0. The molecule has 0 aromatic heterocycles. The number of nitrogens with zero attached hydrogens (tertiary/aromatic N) is 1. The summed E-state index contributed by atoms with van der Waals surface area (Å²) in [4.78, 5) is 2.38. The van der Waals surface area contributed by atoms with E-state index < -0.39 is 0 Å². The van der Waals surface area contributed by atoms with Crippen molar-refractivity contribution in [3.8, 4) is 0 Å². The van der Waals surface area contributed by atoms with Gasteiger partial charge in [-0.1, -0.05) is 18.2 Å². The molecular formula is C11H16N2. The molecule has 2 N–H and O–H groups in total. The number of anilines is 1. The van der Waals surface area contributed by atoms with Gasteiger partial charge in [0.15, 0.2) is 0 Å². The molecule has 1 saturated heterocycles. The van der Waals surface area contributed by atoms with Gasteiger partial charge in [0, 0.05) is 24.3 Å². The smallest absolute Gasteiger partial charge is 0.0369 e. The van der Waals surface area contributed by atoms with Crippen LogP contribution in [-0.4, -0.2) is 18.6 Å². The SMILES string of the molecule is C[C@H]1C[C@H](N)CN1c1ccccc1. The Hall–Kier alpha value is -1.02. The molecule has 0 aliphatic carbocycles. The van der Waals surface area contributed by atoms with Crippen molar-refractivity contribution in [2.75, 3.05) is 11.4 Å². The third kappa shape index (κ3) is 1.68. The normalized spacial score (nSPS) is 28.0. The van der Waals surface area contributed by atoms with Gasteiger partial charge in [-0.05, 0) is 25.5 Å². The molecule has 0 unspecified atom stereocenters. The van der Waals surface area contributed by atoms with Crippen molar-refractivity contribution < 1.29 is 0 Å². The van der Waals surface area contributed by atoms with E-state index in [0.29, 0.717) is 12.1 Å². The van der Waals surface area contributed by atoms with Gasteiger partial charge in [-0.15, -0.1) is 0 Å². The van der Waals surface area contributed by atoms with E-state index in [-0.39, 0.29) is 0 Å². The van der Waals surface area contributed by atoms with Crippen LogP contribution in [0, 0.1) is 0 Å². The predicted octanol–water partition coefficient (Wildman–Crippen LogP) is 1.61. The molecule has 0 bridgehead atoms. The van der Waals surface area contributed by atoms with Crippen molar-refractivity contribution in [3.05, 3.63) is 30.3 Å². The molecule has 2 rings (SSSR count). The lowest BCUT2D eigenvalue weighted by Crippen LogP contribution is -2.28. The monoisotopic (exact) mass is 176 g/mol. The van der Waals surface area contributed by atoms with Crippen LogP contribution in [-0.2, 0) is 0 Å². The molecule has 2 heteroatoms. The number of nitrogens with two attached hydrogens (primary N) is 1. The molecule has 1 aromatic carbocycles. The highest BCUT2D eigenvalue weighted by molar-refractivity contribution is 5.48. The minimum absolute atomic E-state index is 0.343. The van der Waals surface area contributed by atoms with Crippen molar-refractivity contribution in [2.24, 2.45) is 5.73 Å². The number of benzene rings is 1. The van der Waals surface area contributed by atoms with Gasteiger partial charge in [0.2, 0.25) is 0 Å². The number of hydrogen-bond donors (Lipinski definition) is 1. The second-order valence-electron chi connectivity index (χ2n) is 3.83. The van der Waals surface area contributed by atoms with Crippen LogP contribution < -0.4 is 10.6 Å². The summed E-state index contributed by atoms with van der Waals surface area (Å²) in [5.41, 5.74) is 7.21. The molecule has 1 heterocycles. The van der Waals surface area contributed by atoms with Gasteiger partial charge in [0.05, 0.1) is 0 Å². The van der Waals surface area contributed by atoms with Gasteiger partial charge >= 0.3 is 0 Å². The van der Waals surface area contributed by atoms with Crippen LogP contribution in [0.3, 0.4) is 0 Å². The Morgan fingerprint density at radius 3 is 2.54 bits per heavy atom. The third-order valence-electron chi connectivity index (χ3n) is 2.69. The van der Waals surface area contributed by atoms with E-state index in [9.17, 15) is 0 Å². The highest BCUT2D eigenvalue weighted by atomic mass is 15.2. The van der Waals surface area contributed by atoms with E-state index in [2.05, 4.69) is 36.1 Å². The van der Waals surface area contributed by atoms with Crippen molar-refractivity contribution >= 4 is 5.69 Å². The lowest BCUT2D eigenvalue weighted by Gasteiger charge is -2.23. The Bertz CT molecular complexity index is 271. The average molecular weight is 176 g/mol. The molecule has 1 fully saturated rings. The van der Waals surface area contributed by atoms with Crippen molar-refractivity contribution in [1.82, 2.24) is 0 Å². The van der Waals surface area contributed by atoms with Crippen molar-refractivity contribution in [2.45, 2.75) is 25.4 Å². The number of rotatable bonds is 1. The van der Waals surface area contributed by atoms with Crippen LogP contribution in [0.5, 0.6) is 0 Å². The second kappa shape index (κ2) is 3.38. The van der Waals surface area contributed by atoms with Crippen molar-refractivity contribution in [3.63, 3.8) is 0 Å². The molecular weight excluding hydrogens is 160 g/mol. The van der Waals surface area contributed by atoms with E-state index in [1.165, 1.54) is 5.69 Å². The van der Waals surface area contributed by atoms with Crippen LogP contribution in [0.1, 0.15) is 13.3 Å². The predicted molar refractivity (Wildman–Crippen MR) is 55.8 cm³/mol.